The molecule has 3 aromatic rings. The average molecular weight is 350 g/mol. The molecule has 3 heterocycles. The van der Waals surface area contributed by atoms with Crippen molar-refractivity contribution in [3.63, 3.8) is 0 Å². The van der Waals surface area contributed by atoms with Crippen LogP contribution in [0.25, 0.3) is 22.1 Å². The fraction of sp³-hybridized carbons (Fsp3) is 0.143. The summed E-state index contributed by atoms with van der Waals surface area (Å²) in [6, 6.07) is 5.40. The predicted octanol–water partition coefficient (Wildman–Crippen LogP) is 3.81. The number of fused-ring (bicyclic) bond motifs is 1. The number of benzene rings is 1. The molecule has 0 bridgehead atoms. The number of halogens is 2. The maximum absolute atomic E-state index is 6.05. The number of aliphatic imine (C=N–C) groups is 1. The van der Waals surface area contributed by atoms with E-state index in [1.165, 1.54) is 11.3 Å². The minimum atomic E-state index is 0.593. The monoisotopic (exact) mass is 349 g/mol. The molecule has 5 nitrogen and oxygen atoms in total. The highest BCUT2D eigenvalue weighted by atomic mass is 35.5. The van der Waals surface area contributed by atoms with Gasteiger partial charge in [0.1, 0.15) is 10.7 Å². The molecule has 0 amide bonds. The van der Waals surface area contributed by atoms with Crippen LogP contribution in [0.5, 0.6) is 0 Å². The van der Waals surface area contributed by atoms with E-state index >= 15 is 0 Å². The summed E-state index contributed by atoms with van der Waals surface area (Å²) < 4.78 is 2.02. The summed E-state index contributed by atoms with van der Waals surface area (Å²) in [7, 11) is 0. The van der Waals surface area contributed by atoms with Gasteiger partial charge in [-0.2, -0.15) is 0 Å². The van der Waals surface area contributed by atoms with Crippen molar-refractivity contribution in [1.29, 1.82) is 0 Å². The van der Waals surface area contributed by atoms with E-state index in [1.807, 2.05) is 22.1 Å². The van der Waals surface area contributed by atoms with Crippen LogP contribution in [0.3, 0.4) is 0 Å². The van der Waals surface area contributed by atoms with Crippen LogP contribution in [0, 0.1) is 0 Å². The Kier molecular flexibility index (Phi) is 3.44. The van der Waals surface area contributed by atoms with E-state index in [2.05, 4.69) is 20.2 Å². The van der Waals surface area contributed by atoms with Gasteiger partial charge in [0, 0.05) is 27.5 Å². The predicted molar refractivity (Wildman–Crippen MR) is 89.0 cm³/mol. The molecule has 0 saturated heterocycles. The third-order valence-corrected chi connectivity index (χ3v) is 4.61. The van der Waals surface area contributed by atoms with E-state index < -0.39 is 0 Å². The summed E-state index contributed by atoms with van der Waals surface area (Å²) in [6.45, 7) is 1.50. The van der Waals surface area contributed by atoms with Crippen molar-refractivity contribution in [2.45, 2.75) is 6.54 Å². The molecule has 0 saturated carbocycles. The average Bonchev–Trinajstić information content (AvgIpc) is 3.12. The van der Waals surface area contributed by atoms with Gasteiger partial charge in [-0.15, -0.1) is 21.5 Å². The lowest BCUT2D eigenvalue weighted by Gasteiger charge is -2.08. The first kappa shape index (κ1) is 13.9. The summed E-state index contributed by atoms with van der Waals surface area (Å²) in [5, 5.41) is 12.4. The van der Waals surface area contributed by atoms with Gasteiger partial charge >= 0.3 is 0 Å². The molecule has 1 aliphatic heterocycles. The second-order valence-electron chi connectivity index (χ2n) is 4.76. The zero-order chi connectivity index (χ0) is 15.1. The number of hydrogen-bond acceptors (Lipinski definition) is 5. The Morgan fingerprint density at radius 2 is 1.91 bits per heavy atom. The van der Waals surface area contributed by atoms with Crippen molar-refractivity contribution >= 4 is 40.8 Å². The number of aromatic nitrogens is 4. The molecule has 4 rings (SSSR count). The fourth-order valence-electron chi connectivity index (χ4n) is 2.31. The second kappa shape index (κ2) is 5.46. The van der Waals surface area contributed by atoms with Gasteiger partial charge in [0.2, 0.25) is 0 Å². The third kappa shape index (κ3) is 2.43. The first-order chi connectivity index (χ1) is 10.7. The topological polar surface area (TPSA) is 56.0 Å². The lowest BCUT2D eigenvalue weighted by atomic mass is 10.2. The summed E-state index contributed by atoms with van der Waals surface area (Å²) in [4.78, 5) is 8.85. The molecular weight excluding hydrogens is 341 g/mol. The molecule has 0 aliphatic carbocycles. The second-order valence-corrected chi connectivity index (χ2v) is 6.50. The maximum Gasteiger partial charge on any atom is 0.183 e. The van der Waals surface area contributed by atoms with E-state index in [9.17, 15) is 0 Å². The van der Waals surface area contributed by atoms with Gasteiger partial charge in [-0.25, -0.2) is 4.98 Å². The zero-order valence-corrected chi connectivity index (χ0v) is 13.5. The molecule has 0 N–H and O–H groups in total. The molecule has 2 aromatic heterocycles. The van der Waals surface area contributed by atoms with Crippen LogP contribution in [0.15, 0.2) is 28.6 Å². The van der Waals surface area contributed by atoms with E-state index in [-0.39, 0.29) is 0 Å². The molecule has 0 fully saturated rings. The minimum Gasteiger partial charge on any atom is -0.303 e. The van der Waals surface area contributed by atoms with Crippen LogP contribution >= 0.6 is 34.5 Å². The van der Waals surface area contributed by atoms with Crippen molar-refractivity contribution < 1.29 is 0 Å². The Bertz CT molecular complexity index is 863. The molecule has 1 aliphatic rings. The van der Waals surface area contributed by atoms with Crippen molar-refractivity contribution in [3.8, 4) is 22.1 Å². The number of nitrogens with zero attached hydrogens (tertiary/aromatic N) is 5. The standard InChI is InChI=1S/C14H9Cl2N5S/c15-9-3-8(4-10(16)5-9)14-18-11(7-22-14)13-20-19-12-6-17-1-2-21(12)13/h3-7H,1-2H2. The molecular formula is C14H9Cl2N5S. The zero-order valence-electron chi connectivity index (χ0n) is 11.2. The molecule has 22 heavy (non-hydrogen) atoms. The van der Waals surface area contributed by atoms with Crippen LogP contribution < -0.4 is 0 Å². The first-order valence-electron chi connectivity index (χ1n) is 6.56. The van der Waals surface area contributed by atoms with Gasteiger partial charge in [-0.1, -0.05) is 23.2 Å². The lowest BCUT2D eigenvalue weighted by Crippen LogP contribution is -2.12. The molecule has 0 radical (unpaired) electrons. The Hall–Kier alpha value is -1.76. The molecule has 110 valence electrons. The Morgan fingerprint density at radius 3 is 2.73 bits per heavy atom. The van der Waals surface area contributed by atoms with Crippen molar-refractivity contribution in [2.24, 2.45) is 4.99 Å². The fourth-order valence-corrected chi connectivity index (χ4v) is 3.62. The van der Waals surface area contributed by atoms with Gasteiger partial charge in [0.05, 0.1) is 12.8 Å². The van der Waals surface area contributed by atoms with Gasteiger partial charge in [0.15, 0.2) is 11.6 Å². The summed E-state index contributed by atoms with van der Waals surface area (Å²) in [6.07, 6.45) is 1.74. The minimum absolute atomic E-state index is 0.593. The van der Waals surface area contributed by atoms with Crippen molar-refractivity contribution in [2.75, 3.05) is 6.54 Å². The van der Waals surface area contributed by atoms with Gasteiger partial charge in [-0.05, 0) is 18.2 Å². The molecule has 0 atom stereocenters. The Morgan fingerprint density at radius 1 is 1.09 bits per heavy atom. The van der Waals surface area contributed by atoms with Crippen LogP contribution in [0.2, 0.25) is 10.0 Å². The smallest absolute Gasteiger partial charge is 0.183 e. The Balaban J connectivity index is 1.75. The van der Waals surface area contributed by atoms with Gasteiger partial charge < -0.3 is 4.57 Å². The normalized spacial score (nSPS) is 13.4. The Labute approximate surface area is 140 Å². The van der Waals surface area contributed by atoms with Crippen molar-refractivity contribution in [3.05, 3.63) is 39.4 Å². The van der Waals surface area contributed by atoms with Crippen LogP contribution in [-0.2, 0) is 6.54 Å². The largest absolute Gasteiger partial charge is 0.303 e. The number of thiazole rings is 1. The number of rotatable bonds is 2. The van der Waals surface area contributed by atoms with Crippen LogP contribution in [0.4, 0.5) is 0 Å². The number of hydrogen-bond donors (Lipinski definition) is 0. The van der Waals surface area contributed by atoms with Gasteiger partial charge in [-0.3, -0.25) is 4.99 Å². The van der Waals surface area contributed by atoms with E-state index in [1.54, 1.807) is 12.3 Å². The van der Waals surface area contributed by atoms with E-state index in [0.29, 0.717) is 10.0 Å². The highest BCUT2D eigenvalue weighted by molar-refractivity contribution is 7.13. The maximum atomic E-state index is 6.05. The SMILES string of the molecule is Clc1cc(Cl)cc(-c2nc(-c3nnc4n3CCN=C4)cs2)c1. The first-order valence-corrected chi connectivity index (χ1v) is 8.20. The van der Waals surface area contributed by atoms with Gasteiger partial charge in [0.25, 0.3) is 0 Å². The van der Waals surface area contributed by atoms with Crippen LogP contribution in [0.1, 0.15) is 5.82 Å². The van der Waals surface area contributed by atoms with E-state index in [4.69, 9.17) is 23.2 Å². The summed E-state index contributed by atoms with van der Waals surface area (Å²) in [5.41, 5.74) is 1.69. The molecule has 8 heteroatoms. The third-order valence-electron chi connectivity index (χ3n) is 3.28. The lowest BCUT2D eigenvalue weighted by molar-refractivity contribution is 0.691. The quantitative estimate of drug-likeness (QED) is 0.706. The highest BCUT2D eigenvalue weighted by Crippen LogP contribution is 2.32. The molecule has 1 aromatic carbocycles. The van der Waals surface area contributed by atoms with E-state index in [0.717, 1.165) is 41.0 Å². The summed E-state index contributed by atoms with van der Waals surface area (Å²) >= 11 is 13.6. The van der Waals surface area contributed by atoms with Crippen LogP contribution in [-0.4, -0.2) is 32.5 Å². The molecule has 0 unspecified atom stereocenters. The summed E-state index contributed by atoms with van der Waals surface area (Å²) in [5.74, 6) is 1.53. The highest BCUT2D eigenvalue weighted by Gasteiger charge is 2.17. The molecule has 0 spiro atoms. The van der Waals surface area contributed by atoms with Crippen molar-refractivity contribution in [1.82, 2.24) is 19.7 Å².